The van der Waals surface area contributed by atoms with Crippen LogP contribution in [-0.4, -0.2) is 11.1 Å². The average molecular weight is 179 g/mol. The van der Waals surface area contributed by atoms with E-state index in [9.17, 15) is 4.79 Å². The third-order valence-corrected chi connectivity index (χ3v) is 2.02. The predicted octanol–water partition coefficient (Wildman–Crippen LogP) is 1.71. The molecule has 70 valence electrons. The molecule has 3 heteroatoms. The largest absolute Gasteiger partial charge is 0.478 e. The van der Waals surface area contributed by atoms with Crippen LogP contribution in [0.25, 0.3) is 0 Å². The van der Waals surface area contributed by atoms with Gasteiger partial charge in [0.1, 0.15) is 0 Å². The maximum atomic E-state index is 10.6. The minimum Gasteiger partial charge on any atom is -0.478 e. The molecule has 0 heterocycles. The molecule has 1 aromatic rings. The number of carboxylic acids is 1. The molecular weight excluding hydrogens is 166 g/mol. The fourth-order valence-electron chi connectivity index (χ4n) is 1.26. The van der Waals surface area contributed by atoms with E-state index in [4.69, 9.17) is 10.8 Å². The maximum absolute atomic E-state index is 10.6. The second-order valence-electron chi connectivity index (χ2n) is 3.17. The van der Waals surface area contributed by atoms with E-state index in [0.29, 0.717) is 0 Å². The van der Waals surface area contributed by atoms with Crippen LogP contribution >= 0.6 is 0 Å². The molecule has 0 aliphatic rings. The lowest BCUT2D eigenvalue weighted by Gasteiger charge is -2.09. The van der Waals surface area contributed by atoms with Gasteiger partial charge in [-0.05, 0) is 37.1 Å². The summed E-state index contributed by atoms with van der Waals surface area (Å²) in [7, 11) is 0. The van der Waals surface area contributed by atoms with E-state index in [-0.39, 0.29) is 11.6 Å². The number of carboxylic acid groups (broad SMARTS) is 1. The van der Waals surface area contributed by atoms with Gasteiger partial charge in [-0.1, -0.05) is 6.07 Å². The molecule has 0 radical (unpaired) electrons. The van der Waals surface area contributed by atoms with Crippen LogP contribution in [-0.2, 0) is 0 Å². The molecule has 0 spiro atoms. The van der Waals surface area contributed by atoms with Crippen molar-refractivity contribution in [2.24, 2.45) is 5.73 Å². The van der Waals surface area contributed by atoms with E-state index in [2.05, 4.69) is 0 Å². The van der Waals surface area contributed by atoms with Crippen LogP contribution in [0.3, 0.4) is 0 Å². The van der Waals surface area contributed by atoms with E-state index in [1.807, 2.05) is 13.8 Å². The fraction of sp³-hybridized carbons (Fsp3) is 0.300. The first-order chi connectivity index (χ1) is 6.02. The summed E-state index contributed by atoms with van der Waals surface area (Å²) in [6.45, 7) is 3.76. The standard InChI is InChI=1S/C10H13NO2/c1-6-3-4-8(10(12)13)5-9(6)7(2)11/h3-5,7H,11H2,1-2H3,(H,12,13). The summed E-state index contributed by atoms with van der Waals surface area (Å²) in [5.74, 6) is -0.915. The number of aryl methyl sites for hydroxylation is 1. The topological polar surface area (TPSA) is 63.3 Å². The smallest absolute Gasteiger partial charge is 0.335 e. The van der Waals surface area contributed by atoms with Gasteiger partial charge in [-0.3, -0.25) is 0 Å². The Hall–Kier alpha value is -1.35. The molecule has 0 aromatic heterocycles. The van der Waals surface area contributed by atoms with E-state index in [1.54, 1.807) is 18.2 Å². The summed E-state index contributed by atoms with van der Waals surface area (Å²) in [6, 6.07) is 4.87. The highest BCUT2D eigenvalue weighted by atomic mass is 16.4. The third-order valence-electron chi connectivity index (χ3n) is 2.02. The van der Waals surface area contributed by atoms with Crippen molar-refractivity contribution in [3.05, 3.63) is 34.9 Å². The van der Waals surface area contributed by atoms with Crippen molar-refractivity contribution < 1.29 is 9.90 Å². The number of aromatic carboxylic acids is 1. The van der Waals surface area contributed by atoms with Gasteiger partial charge < -0.3 is 10.8 Å². The number of rotatable bonds is 2. The van der Waals surface area contributed by atoms with Crippen molar-refractivity contribution in [1.29, 1.82) is 0 Å². The van der Waals surface area contributed by atoms with Crippen LogP contribution < -0.4 is 5.73 Å². The first-order valence-corrected chi connectivity index (χ1v) is 4.12. The molecule has 1 rings (SSSR count). The van der Waals surface area contributed by atoms with Crippen molar-refractivity contribution in [1.82, 2.24) is 0 Å². The Morgan fingerprint density at radius 1 is 1.54 bits per heavy atom. The average Bonchev–Trinajstić information content (AvgIpc) is 2.04. The van der Waals surface area contributed by atoms with Crippen molar-refractivity contribution in [2.45, 2.75) is 19.9 Å². The third kappa shape index (κ3) is 2.06. The summed E-state index contributed by atoms with van der Waals surface area (Å²) in [6.07, 6.45) is 0. The fourth-order valence-corrected chi connectivity index (χ4v) is 1.26. The first kappa shape index (κ1) is 9.74. The lowest BCUT2D eigenvalue weighted by Crippen LogP contribution is -2.08. The summed E-state index contributed by atoms with van der Waals surface area (Å²) in [5.41, 5.74) is 7.90. The molecule has 0 saturated carbocycles. The molecule has 13 heavy (non-hydrogen) atoms. The van der Waals surface area contributed by atoms with Gasteiger partial charge in [-0.25, -0.2) is 4.79 Å². The Morgan fingerprint density at radius 2 is 2.15 bits per heavy atom. The minimum atomic E-state index is -0.915. The SMILES string of the molecule is Cc1ccc(C(=O)O)cc1C(C)N. The zero-order valence-corrected chi connectivity index (χ0v) is 7.74. The van der Waals surface area contributed by atoms with Gasteiger partial charge >= 0.3 is 5.97 Å². The number of hydrogen-bond acceptors (Lipinski definition) is 2. The van der Waals surface area contributed by atoms with Crippen LogP contribution in [0.2, 0.25) is 0 Å². The van der Waals surface area contributed by atoms with Crippen LogP contribution in [0.4, 0.5) is 0 Å². The quantitative estimate of drug-likeness (QED) is 0.726. The van der Waals surface area contributed by atoms with Gasteiger partial charge in [-0.15, -0.1) is 0 Å². The summed E-state index contributed by atoms with van der Waals surface area (Å²) in [5, 5.41) is 8.74. The molecule has 0 saturated heterocycles. The lowest BCUT2D eigenvalue weighted by atomic mass is 10.0. The molecule has 3 N–H and O–H groups in total. The molecule has 1 unspecified atom stereocenters. The summed E-state index contributed by atoms with van der Waals surface area (Å²) < 4.78 is 0. The van der Waals surface area contributed by atoms with Gasteiger partial charge in [0.25, 0.3) is 0 Å². The van der Waals surface area contributed by atoms with Crippen molar-refractivity contribution in [2.75, 3.05) is 0 Å². The van der Waals surface area contributed by atoms with Crippen molar-refractivity contribution in [3.63, 3.8) is 0 Å². The van der Waals surface area contributed by atoms with Gasteiger partial charge in [0, 0.05) is 6.04 Å². The van der Waals surface area contributed by atoms with E-state index in [1.165, 1.54) is 0 Å². The number of carbonyl (C=O) groups is 1. The zero-order valence-electron chi connectivity index (χ0n) is 7.74. The summed E-state index contributed by atoms with van der Waals surface area (Å²) >= 11 is 0. The monoisotopic (exact) mass is 179 g/mol. The second-order valence-corrected chi connectivity index (χ2v) is 3.17. The van der Waals surface area contributed by atoms with Crippen molar-refractivity contribution >= 4 is 5.97 Å². The number of benzene rings is 1. The minimum absolute atomic E-state index is 0.126. The second kappa shape index (κ2) is 3.58. The first-order valence-electron chi connectivity index (χ1n) is 4.12. The molecule has 0 fully saturated rings. The highest BCUT2D eigenvalue weighted by molar-refractivity contribution is 5.87. The summed E-state index contributed by atoms with van der Waals surface area (Å²) in [4.78, 5) is 10.6. The Kier molecular flexibility index (Phi) is 2.68. The van der Waals surface area contributed by atoms with Crippen LogP contribution in [0.1, 0.15) is 34.5 Å². The van der Waals surface area contributed by atoms with E-state index < -0.39 is 5.97 Å². The molecule has 1 aromatic carbocycles. The molecular formula is C10H13NO2. The Morgan fingerprint density at radius 3 is 2.62 bits per heavy atom. The van der Waals surface area contributed by atoms with Gasteiger partial charge in [0.15, 0.2) is 0 Å². The Balaban J connectivity index is 3.19. The zero-order chi connectivity index (χ0) is 10.0. The maximum Gasteiger partial charge on any atom is 0.335 e. The van der Waals surface area contributed by atoms with E-state index >= 15 is 0 Å². The van der Waals surface area contributed by atoms with Gasteiger partial charge in [-0.2, -0.15) is 0 Å². The lowest BCUT2D eigenvalue weighted by molar-refractivity contribution is 0.0697. The van der Waals surface area contributed by atoms with Gasteiger partial charge in [0.05, 0.1) is 5.56 Å². The number of nitrogens with two attached hydrogens (primary N) is 1. The predicted molar refractivity (Wildman–Crippen MR) is 50.7 cm³/mol. The van der Waals surface area contributed by atoms with Crippen LogP contribution in [0.15, 0.2) is 18.2 Å². The molecule has 0 aliphatic carbocycles. The molecule has 0 aliphatic heterocycles. The highest BCUT2D eigenvalue weighted by Crippen LogP contribution is 2.16. The normalized spacial score (nSPS) is 12.5. The molecule has 0 amide bonds. The van der Waals surface area contributed by atoms with Gasteiger partial charge in [0.2, 0.25) is 0 Å². The molecule has 3 nitrogen and oxygen atoms in total. The van der Waals surface area contributed by atoms with Crippen molar-refractivity contribution in [3.8, 4) is 0 Å². The Bertz CT molecular complexity index is 332. The van der Waals surface area contributed by atoms with E-state index in [0.717, 1.165) is 11.1 Å². The van der Waals surface area contributed by atoms with Crippen LogP contribution in [0, 0.1) is 6.92 Å². The molecule has 1 atom stereocenters. The van der Waals surface area contributed by atoms with Crippen LogP contribution in [0.5, 0.6) is 0 Å². The number of hydrogen-bond donors (Lipinski definition) is 2. The molecule has 0 bridgehead atoms. The Labute approximate surface area is 77.2 Å². The highest BCUT2D eigenvalue weighted by Gasteiger charge is 2.08.